The minimum atomic E-state index is -0.202. The zero-order chi connectivity index (χ0) is 15.2. The molecule has 1 aromatic carbocycles. The van der Waals surface area contributed by atoms with Crippen LogP contribution in [0.4, 0.5) is 0 Å². The Balaban J connectivity index is 1.81. The van der Waals surface area contributed by atoms with Gasteiger partial charge in [-0.3, -0.25) is 9.59 Å². The van der Waals surface area contributed by atoms with Crippen molar-refractivity contribution in [2.75, 3.05) is 6.54 Å². The summed E-state index contributed by atoms with van der Waals surface area (Å²) < 4.78 is 0.883. The molecule has 0 bridgehead atoms. The summed E-state index contributed by atoms with van der Waals surface area (Å²) in [6.07, 6.45) is 4.62. The Kier molecular flexibility index (Phi) is 6.02. The van der Waals surface area contributed by atoms with E-state index in [0.717, 1.165) is 9.99 Å². The number of hydrogen-bond acceptors (Lipinski definition) is 2. The third-order valence-electron chi connectivity index (χ3n) is 3.99. The minimum Gasteiger partial charge on any atom is -0.352 e. The van der Waals surface area contributed by atoms with E-state index in [-0.39, 0.29) is 24.4 Å². The van der Waals surface area contributed by atoms with Crippen molar-refractivity contribution in [3.8, 4) is 0 Å². The Morgan fingerprint density at radius 3 is 2.67 bits per heavy atom. The fourth-order valence-corrected chi connectivity index (χ4v) is 3.32. The largest absolute Gasteiger partial charge is 0.352 e. The fraction of sp³-hybridized carbons (Fsp3) is 0.500. The number of nitrogens with one attached hydrogen (secondary N) is 2. The number of hydrogen-bond donors (Lipinski definition) is 2. The number of carbonyl (C=O) groups is 2. The number of benzene rings is 1. The summed E-state index contributed by atoms with van der Waals surface area (Å²) in [6.45, 7) is 2.21. The smallest absolute Gasteiger partial charge is 0.252 e. The first-order valence-corrected chi connectivity index (χ1v) is 8.48. The second kappa shape index (κ2) is 7.77. The van der Waals surface area contributed by atoms with Crippen molar-refractivity contribution < 1.29 is 9.59 Å². The highest BCUT2D eigenvalue weighted by Gasteiger charge is 2.22. The second-order valence-corrected chi connectivity index (χ2v) is 6.76. The number of halogens is 1. The number of amides is 2. The van der Waals surface area contributed by atoms with Crippen LogP contribution in [0.2, 0.25) is 0 Å². The van der Waals surface area contributed by atoms with E-state index in [1.807, 2.05) is 18.2 Å². The second-order valence-electron chi connectivity index (χ2n) is 5.60. The molecule has 2 N–H and O–H groups in total. The molecule has 0 aromatic heterocycles. The van der Waals surface area contributed by atoms with Crippen LogP contribution in [0, 0.1) is 9.49 Å². The topological polar surface area (TPSA) is 58.2 Å². The summed E-state index contributed by atoms with van der Waals surface area (Å²) in [4.78, 5) is 24.0. The Labute approximate surface area is 139 Å². The van der Waals surface area contributed by atoms with Gasteiger partial charge >= 0.3 is 0 Å². The molecule has 2 rings (SSSR count). The average molecular weight is 400 g/mol. The van der Waals surface area contributed by atoms with Gasteiger partial charge in [-0.1, -0.05) is 31.9 Å². The molecular weight excluding hydrogens is 379 g/mol. The Morgan fingerprint density at radius 1 is 1.24 bits per heavy atom. The van der Waals surface area contributed by atoms with Gasteiger partial charge < -0.3 is 10.6 Å². The maximum absolute atomic E-state index is 12.0. The van der Waals surface area contributed by atoms with E-state index in [1.165, 1.54) is 19.3 Å². The lowest BCUT2D eigenvalue weighted by atomic mass is 9.86. The molecular formula is C16H21IN2O2. The number of carbonyl (C=O) groups excluding carboxylic acids is 2. The lowest BCUT2D eigenvalue weighted by molar-refractivity contribution is -0.121. The number of rotatable bonds is 4. The Hall–Kier alpha value is -1.11. The summed E-state index contributed by atoms with van der Waals surface area (Å²) >= 11 is 2.12. The normalized spacial score (nSPS) is 21.6. The first kappa shape index (κ1) is 16.3. The molecule has 0 spiro atoms. The van der Waals surface area contributed by atoms with Crippen LogP contribution in [-0.2, 0) is 4.79 Å². The SMILES string of the molecule is CC1CCCCC1NC(=O)CNC(=O)c1ccccc1I. The van der Waals surface area contributed by atoms with Gasteiger partial charge in [-0.05, 0) is 53.5 Å². The summed E-state index contributed by atoms with van der Waals surface area (Å²) in [5, 5.41) is 5.72. The van der Waals surface area contributed by atoms with Gasteiger partial charge in [0.1, 0.15) is 0 Å². The zero-order valence-electron chi connectivity index (χ0n) is 12.2. The molecule has 4 nitrogen and oxygen atoms in total. The van der Waals surface area contributed by atoms with Crippen LogP contribution in [0.5, 0.6) is 0 Å². The van der Waals surface area contributed by atoms with Gasteiger partial charge in [-0.2, -0.15) is 0 Å². The monoisotopic (exact) mass is 400 g/mol. The molecule has 0 saturated heterocycles. The van der Waals surface area contributed by atoms with E-state index in [0.29, 0.717) is 11.5 Å². The van der Waals surface area contributed by atoms with E-state index in [1.54, 1.807) is 6.07 Å². The van der Waals surface area contributed by atoms with E-state index in [9.17, 15) is 9.59 Å². The van der Waals surface area contributed by atoms with Crippen molar-refractivity contribution in [1.82, 2.24) is 10.6 Å². The molecule has 2 amide bonds. The van der Waals surface area contributed by atoms with Gasteiger partial charge in [0.05, 0.1) is 12.1 Å². The molecule has 21 heavy (non-hydrogen) atoms. The van der Waals surface area contributed by atoms with Gasteiger partial charge in [0.15, 0.2) is 0 Å². The maximum atomic E-state index is 12.0. The Morgan fingerprint density at radius 2 is 1.95 bits per heavy atom. The van der Waals surface area contributed by atoms with Crippen LogP contribution >= 0.6 is 22.6 Å². The quantitative estimate of drug-likeness (QED) is 0.764. The average Bonchev–Trinajstić information content (AvgIpc) is 2.48. The summed E-state index contributed by atoms with van der Waals surface area (Å²) in [5.74, 6) is 0.216. The summed E-state index contributed by atoms with van der Waals surface area (Å²) in [7, 11) is 0. The standard InChI is InChI=1S/C16H21IN2O2/c1-11-6-2-5-9-14(11)19-15(20)10-18-16(21)12-7-3-4-8-13(12)17/h3-4,7-8,11,14H,2,5-6,9-10H2,1H3,(H,18,21)(H,19,20). The van der Waals surface area contributed by atoms with Crippen molar-refractivity contribution in [3.05, 3.63) is 33.4 Å². The molecule has 0 radical (unpaired) electrons. The van der Waals surface area contributed by atoms with E-state index in [4.69, 9.17) is 0 Å². The van der Waals surface area contributed by atoms with Gasteiger partial charge in [0.25, 0.3) is 5.91 Å². The Bertz CT molecular complexity index is 519. The molecule has 5 heteroatoms. The van der Waals surface area contributed by atoms with Crippen molar-refractivity contribution in [1.29, 1.82) is 0 Å². The fourth-order valence-electron chi connectivity index (χ4n) is 2.69. The third-order valence-corrected chi connectivity index (χ3v) is 4.93. The van der Waals surface area contributed by atoms with Crippen LogP contribution in [0.3, 0.4) is 0 Å². The van der Waals surface area contributed by atoms with Gasteiger partial charge in [0.2, 0.25) is 5.91 Å². The molecule has 2 atom stereocenters. The predicted octanol–water partition coefficient (Wildman–Crippen LogP) is 2.72. The summed E-state index contributed by atoms with van der Waals surface area (Å²) in [5.41, 5.74) is 0.608. The van der Waals surface area contributed by atoms with Crippen LogP contribution in [0.25, 0.3) is 0 Å². The van der Waals surface area contributed by atoms with Gasteiger partial charge in [0, 0.05) is 9.61 Å². The molecule has 1 fully saturated rings. The highest BCUT2D eigenvalue weighted by atomic mass is 127. The van der Waals surface area contributed by atoms with Crippen molar-refractivity contribution >= 4 is 34.4 Å². The van der Waals surface area contributed by atoms with Crippen molar-refractivity contribution in [2.45, 2.75) is 38.6 Å². The first-order chi connectivity index (χ1) is 10.1. The van der Waals surface area contributed by atoms with Gasteiger partial charge in [-0.15, -0.1) is 0 Å². The zero-order valence-corrected chi connectivity index (χ0v) is 14.4. The van der Waals surface area contributed by atoms with E-state index >= 15 is 0 Å². The van der Waals surface area contributed by atoms with Crippen molar-refractivity contribution in [2.24, 2.45) is 5.92 Å². The molecule has 1 saturated carbocycles. The molecule has 1 aliphatic rings. The highest BCUT2D eigenvalue weighted by Crippen LogP contribution is 2.23. The van der Waals surface area contributed by atoms with E-state index < -0.39 is 0 Å². The molecule has 0 aliphatic heterocycles. The van der Waals surface area contributed by atoms with Crippen molar-refractivity contribution in [3.63, 3.8) is 0 Å². The van der Waals surface area contributed by atoms with Crippen LogP contribution in [0.15, 0.2) is 24.3 Å². The summed E-state index contributed by atoms with van der Waals surface area (Å²) in [6, 6.07) is 7.59. The minimum absolute atomic E-state index is 0.0347. The highest BCUT2D eigenvalue weighted by molar-refractivity contribution is 14.1. The predicted molar refractivity (Wildman–Crippen MR) is 91.1 cm³/mol. The van der Waals surface area contributed by atoms with Crippen LogP contribution in [-0.4, -0.2) is 24.4 Å². The molecule has 1 aliphatic carbocycles. The lowest BCUT2D eigenvalue weighted by Crippen LogP contribution is -2.45. The molecule has 2 unspecified atom stereocenters. The third kappa shape index (κ3) is 4.69. The van der Waals surface area contributed by atoms with Gasteiger partial charge in [-0.25, -0.2) is 0 Å². The molecule has 0 heterocycles. The van der Waals surface area contributed by atoms with Crippen LogP contribution < -0.4 is 10.6 Å². The van der Waals surface area contributed by atoms with E-state index in [2.05, 4.69) is 40.1 Å². The van der Waals surface area contributed by atoms with Crippen LogP contribution in [0.1, 0.15) is 43.0 Å². The first-order valence-electron chi connectivity index (χ1n) is 7.40. The maximum Gasteiger partial charge on any atom is 0.252 e. The molecule has 114 valence electrons. The lowest BCUT2D eigenvalue weighted by Gasteiger charge is -2.29. The molecule has 1 aromatic rings.